The summed E-state index contributed by atoms with van der Waals surface area (Å²) >= 11 is 0. The summed E-state index contributed by atoms with van der Waals surface area (Å²) in [5, 5.41) is 12.5. The lowest BCUT2D eigenvalue weighted by atomic mass is 9.84. The lowest BCUT2D eigenvalue weighted by Crippen LogP contribution is -2.44. The van der Waals surface area contributed by atoms with Gasteiger partial charge in [-0.1, -0.05) is 0 Å². The van der Waals surface area contributed by atoms with E-state index in [4.69, 9.17) is 5.73 Å². The van der Waals surface area contributed by atoms with Gasteiger partial charge in [0, 0.05) is 30.6 Å². The summed E-state index contributed by atoms with van der Waals surface area (Å²) in [4.78, 5) is 20.6. The number of halogens is 2. The highest BCUT2D eigenvalue weighted by Gasteiger charge is 2.30. The van der Waals surface area contributed by atoms with Gasteiger partial charge in [0.2, 0.25) is 11.7 Å². The van der Waals surface area contributed by atoms with Crippen molar-refractivity contribution in [2.24, 2.45) is 11.7 Å². The zero-order valence-electron chi connectivity index (χ0n) is 12.5. The van der Waals surface area contributed by atoms with Crippen LogP contribution in [0.15, 0.2) is 24.7 Å². The summed E-state index contributed by atoms with van der Waals surface area (Å²) in [5.41, 5.74) is 6.58. The smallest absolute Gasteiger partial charge is 0.233 e. The molecular formula is C14H21Cl2N5O2. The van der Waals surface area contributed by atoms with Crippen LogP contribution in [0.1, 0.15) is 25.0 Å². The maximum atomic E-state index is 12.1. The van der Waals surface area contributed by atoms with Crippen molar-refractivity contribution in [3.63, 3.8) is 0 Å². The molecule has 2 aromatic rings. The molecule has 1 amide bonds. The summed E-state index contributed by atoms with van der Waals surface area (Å²) in [7, 11) is 0. The van der Waals surface area contributed by atoms with Crippen LogP contribution in [-0.2, 0) is 11.3 Å². The van der Waals surface area contributed by atoms with Gasteiger partial charge < -0.3 is 16.2 Å². The molecule has 9 heteroatoms. The Morgan fingerprint density at radius 1 is 1.43 bits per heavy atom. The largest absolute Gasteiger partial charge is 0.392 e. The molecule has 0 saturated heterocycles. The summed E-state index contributed by atoms with van der Waals surface area (Å²) in [5.74, 6) is 0.463. The van der Waals surface area contributed by atoms with Gasteiger partial charge in [-0.25, -0.2) is 9.97 Å². The number of carbonyl (C=O) groups is 1. The first-order chi connectivity index (χ1) is 10.1. The highest BCUT2D eigenvalue weighted by molar-refractivity contribution is 5.85. The maximum Gasteiger partial charge on any atom is 0.233 e. The third-order valence-corrected chi connectivity index (χ3v) is 3.96. The number of hydrogen-bond acceptors (Lipinski definition) is 5. The summed E-state index contributed by atoms with van der Waals surface area (Å²) in [6.45, 7) is 0.372. The van der Waals surface area contributed by atoms with Gasteiger partial charge in [-0.2, -0.15) is 0 Å². The Morgan fingerprint density at radius 3 is 2.91 bits per heavy atom. The molecule has 1 saturated carbocycles. The number of aliphatic hydroxyl groups is 1. The fraction of sp³-hybridized carbons (Fsp3) is 0.500. The number of rotatable bonds is 3. The predicted molar refractivity (Wildman–Crippen MR) is 90.7 cm³/mol. The van der Waals surface area contributed by atoms with Gasteiger partial charge in [0.15, 0.2) is 0 Å². The molecule has 1 aliphatic rings. The van der Waals surface area contributed by atoms with Crippen LogP contribution >= 0.6 is 24.8 Å². The number of nitrogens with two attached hydrogens (primary N) is 1. The zero-order chi connectivity index (χ0) is 14.8. The van der Waals surface area contributed by atoms with Crippen molar-refractivity contribution in [1.29, 1.82) is 0 Å². The average Bonchev–Trinajstić information content (AvgIpc) is 2.90. The Bertz CT molecular complexity index is 618. The van der Waals surface area contributed by atoms with E-state index in [-0.39, 0.29) is 42.7 Å². The van der Waals surface area contributed by atoms with Crippen LogP contribution in [0, 0.1) is 5.92 Å². The lowest BCUT2D eigenvalue weighted by Gasteiger charge is -2.29. The highest BCUT2D eigenvalue weighted by Crippen LogP contribution is 2.23. The average molecular weight is 362 g/mol. The Balaban J connectivity index is 0.00000132. The summed E-state index contributed by atoms with van der Waals surface area (Å²) < 4.78 is 1.81. The van der Waals surface area contributed by atoms with E-state index >= 15 is 0 Å². The molecule has 1 fully saturated rings. The normalized spacial score (nSPS) is 23.7. The molecule has 0 unspecified atom stereocenters. The van der Waals surface area contributed by atoms with Gasteiger partial charge in [0.25, 0.3) is 0 Å². The highest BCUT2D eigenvalue weighted by atomic mass is 35.5. The fourth-order valence-corrected chi connectivity index (χ4v) is 2.71. The van der Waals surface area contributed by atoms with Gasteiger partial charge in [-0.05, 0) is 25.3 Å². The number of imidazole rings is 1. The van der Waals surface area contributed by atoms with E-state index in [2.05, 4.69) is 15.3 Å². The first-order valence-corrected chi connectivity index (χ1v) is 7.13. The third kappa shape index (κ3) is 4.54. The van der Waals surface area contributed by atoms with Crippen LogP contribution < -0.4 is 11.1 Å². The molecule has 3 rings (SSSR count). The molecule has 0 radical (unpaired) electrons. The van der Waals surface area contributed by atoms with Crippen molar-refractivity contribution >= 4 is 36.5 Å². The molecular weight excluding hydrogens is 341 g/mol. The van der Waals surface area contributed by atoms with Crippen molar-refractivity contribution in [2.45, 2.75) is 38.0 Å². The molecule has 0 aliphatic heterocycles. The topological polar surface area (TPSA) is 106 Å². The Morgan fingerprint density at radius 2 is 2.22 bits per heavy atom. The van der Waals surface area contributed by atoms with Gasteiger partial charge in [-0.3, -0.25) is 9.20 Å². The minimum atomic E-state index is -0.487. The number of hydrogen-bond donors (Lipinski definition) is 3. The van der Waals surface area contributed by atoms with Crippen molar-refractivity contribution in [3.05, 3.63) is 30.4 Å². The van der Waals surface area contributed by atoms with Crippen molar-refractivity contribution in [1.82, 2.24) is 19.7 Å². The van der Waals surface area contributed by atoms with E-state index in [9.17, 15) is 9.90 Å². The molecule has 4 N–H and O–H groups in total. The van der Waals surface area contributed by atoms with E-state index in [0.717, 1.165) is 5.69 Å². The Hall–Kier alpha value is -1.41. The SMILES string of the molecule is Cl.Cl.N[C@@H]1C[C@@H](C(=O)NCc2cn3cccnc3n2)CC[C@H]1O. The van der Waals surface area contributed by atoms with Crippen molar-refractivity contribution in [3.8, 4) is 0 Å². The number of nitrogens with zero attached hydrogens (tertiary/aromatic N) is 3. The van der Waals surface area contributed by atoms with Gasteiger partial charge >= 0.3 is 0 Å². The molecule has 7 nitrogen and oxygen atoms in total. The number of aromatic nitrogens is 3. The van der Waals surface area contributed by atoms with Crippen LogP contribution in [0.5, 0.6) is 0 Å². The van der Waals surface area contributed by atoms with E-state index in [1.165, 1.54) is 0 Å². The number of fused-ring (bicyclic) bond motifs is 1. The molecule has 0 aromatic carbocycles. The Labute approximate surface area is 146 Å². The lowest BCUT2D eigenvalue weighted by molar-refractivity contribution is -0.127. The number of carbonyl (C=O) groups excluding carboxylic acids is 1. The molecule has 3 atom stereocenters. The van der Waals surface area contributed by atoms with Crippen LogP contribution in [0.4, 0.5) is 0 Å². The zero-order valence-corrected chi connectivity index (χ0v) is 14.1. The van der Waals surface area contributed by atoms with Crippen LogP contribution in [0.3, 0.4) is 0 Å². The fourth-order valence-electron chi connectivity index (χ4n) is 2.71. The van der Waals surface area contributed by atoms with E-state index in [0.29, 0.717) is 31.6 Å². The second-order valence-electron chi connectivity index (χ2n) is 5.52. The second kappa shape index (κ2) is 8.44. The molecule has 1 aliphatic carbocycles. The number of nitrogens with one attached hydrogen (secondary N) is 1. The standard InChI is InChI=1S/C14H19N5O2.2ClH/c15-11-6-9(2-3-12(11)20)13(21)17-7-10-8-19-5-1-4-16-14(19)18-10;;/h1,4-5,8-9,11-12,20H,2-3,6-7,15H2,(H,17,21);2*1H/t9-,11+,12+;;/m0../s1. The summed E-state index contributed by atoms with van der Waals surface area (Å²) in [6, 6.07) is 1.51. The van der Waals surface area contributed by atoms with Crippen LogP contribution in [0.2, 0.25) is 0 Å². The monoisotopic (exact) mass is 361 g/mol. The molecule has 2 heterocycles. The number of aliphatic hydroxyl groups excluding tert-OH is 1. The van der Waals surface area contributed by atoms with Gasteiger partial charge in [-0.15, -0.1) is 24.8 Å². The second-order valence-corrected chi connectivity index (χ2v) is 5.52. The number of amides is 1. The van der Waals surface area contributed by atoms with Gasteiger partial charge in [0.1, 0.15) is 0 Å². The minimum absolute atomic E-state index is 0. The first-order valence-electron chi connectivity index (χ1n) is 7.13. The minimum Gasteiger partial charge on any atom is -0.392 e. The van der Waals surface area contributed by atoms with E-state index in [1.807, 2.05) is 22.9 Å². The van der Waals surface area contributed by atoms with E-state index < -0.39 is 6.10 Å². The molecule has 0 bridgehead atoms. The van der Waals surface area contributed by atoms with Crippen LogP contribution in [0.25, 0.3) is 5.78 Å². The molecule has 128 valence electrons. The quantitative estimate of drug-likeness (QED) is 0.745. The van der Waals surface area contributed by atoms with Crippen molar-refractivity contribution < 1.29 is 9.90 Å². The third-order valence-electron chi connectivity index (χ3n) is 3.96. The maximum absolute atomic E-state index is 12.1. The van der Waals surface area contributed by atoms with Crippen molar-refractivity contribution in [2.75, 3.05) is 0 Å². The molecule has 2 aromatic heterocycles. The van der Waals surface area contributed by atoms with E-state index in [1.54, 1.807) is 6.20 Å². The Kier molecular flexibility index (Phi) is 7.21. The summed E-state index contributed by atoms with van der Waals surface area (Å²) in [6.07, 6.45) is 6.68. The molecule has 23 heavy (non-hydrogen) atoms. The molecule has 0 spiro atoms. The first kappa shape index (κ1) is 19.6. The van der Waals surface area contributed by atoms with Gasteiger partial charge in [0.05, 0.1) is 18.3 Å². The predicted octanol–water partition coefficient (Wildman–Crippen LogP) is 0.677. The van der Waals surface area contributed by atoms with Crippen LogP contribution in [-0.4, -0.2) is 37.5 Å².